The van der Waals surface area contributed by atoms with Gasteiger partial charge in [-0.15, -0.1) is 24.0 Å². The summed E-state index contributed by atoms with van der Waals surface area (Å²) in [5.41, 5.74) is 5.78. The molecule has 0 aromatic rings. The van der Waals surface area contributed by atoms with E-state index >= 15 is 0 Å². The molecular weight excluding hydrogens is 327 g/mol. The molecule has 4 nitrogen and oxygen atoms in total. The van der Waals surface area contributed by atoms with Crippen molar-refractivity contribution in [1.29, 1.82) is 0 Å². The third-order valence-electron chi connectivity index (χ3n) is 3.40. The molecule has 0 atom stereocenters. The molecule has 0 unspecified atom stereocenters. The normalized spacial score (nSPS) is 16.9. The van der Waals surface area contributed by atoms with Crippen LogP contribution >= 0.6 is 24.0 Å². The van der Waals surface area contributed by atoms with Crippen LogP contribution < -0.4 is 11.1 Å². The van der Waals surface area contributed by atoms with Gasteiger partial charge in [0, 0.05) is 25.7 Å². The van der Waals surface area contributed by atoms with E-state index in [1.54, 1.807) is 0 Å². The first kappa shape index (κ1) is 17.0. The van der Waals surface area contributed by atoms with E-state index in [2.05, 4.69) is 36.1 Å². The van der Waals surface area contributed by atoms with Crippen LogP contribution in [0.3, 0.4) is 0 Å². The molecule has 0 saturated heterocycles. The van der Waals surface area contributed by atoms with Gasteiger partial charge in [-0.1, -0.05) is 6.42 Å². The van der Waals surface area contributed by atoms with Gasteiger partial charge in [0.2, 0.25) is 0 Å². The molecular formula is C12H27IN4. The largest absolute Gasteiger partial charge is 0.370 e. The molecule has 17 heavy (non-hydrogen) atoms. The highest BCUT2D eigenvalue weighted by Gasteiger charge is 2.16. The fourth-order valence-corrected chi connectivity index (χ4v) is 1.58. The maximum atomic E-state index is 5.78. The quantitative estimate of drug-likeness (QED) is 0.433. The molecule has 0 spiro atoms. The summed E-state index contributed by atoms with van der Waals surface area (Å²) in [7, 11) is 2.12. The zero-order chi connectivity index (χ0) is 12.0. The molecule has 102 valence electrons. The van der Waals surface area contributed by atoms with Crippen molar-refractivity contribution < 1.29 is 0 Å². The Labute approximate surface area is 122 Å². The van der Waals surface area contributed by atoms with Crippen molar-refractivity contribution in [2.24, 2.45) is 16.6 Å². The van der Waals surface area contributed by atoms with E-state index < -0.39 is 0 Å². The van der Waals surface area contributed by atoms with Gasteiger partial charge in [-0.05, 0) is 39.7 Å². The van der Waals surface area contributed by atoms with Crippen LogP contribution in [0.15, 0.2) is 4.99 Å². The second-order valence-corrected chi connectivity index (χ2v) is 5.02. The third-order valence-corrected chi connectivity index (χ3v) is 3.40. The number of likely N-dealkylation sites (N-methyl/N-ethyl adjacent to an activating group) is 1. The second kappa shape index (κ2) is 8.97. The molecule has 0 heterocycles. The van der Waals surface area contributed by atoms with Gasteiger partial charge in [0.1, 0.15) is 0 Å². The smallest absolute Gasteiger partial charge is 0.188 e. The molecule has 5 heteroatoms. The summed E-state index contributed by atoms with van der Waals surface area (Å²) >= 11 is 0. The summed E-state index contributed by atoms with van der Waals surface area (Å²) in [6, 6.07) is 0.579. The Hall–Kier alpha value is -0.0400. The lowest BCUT2D eigenvalue weighted by atomic mass is 9.86. The highest BCUT2D eigenvalue weighted by Crippen LogP contribution is 2.26. The lowest BCUT2D eigenvalue weighted by Crippen LogP contribution is -2.39. The molecule has 1 saturated carbocycles. The number of aliphatic imine (C=N–C) groups is 1. The number of nitrogens with one attached hydrogen (secondary N) is 1. The van der Waals surface area contributed by atoms with Crippen molar-refractivity contribution in [2.75, 3.05) is 26.7 Å². The molecule has 0 bridgehead atoms. The molecule has 0 amide bonds. The van der Waals surface area contributed by atoms with Gasteiger partial charge >= 0.3 is 0 Å². The standard InChI is InChI=1S/C12H26N4.HI/c1-10(2)16(3)8-7-14-12(13)15-9-11-5-4-6-11;/h10-11H,4-9H2,1-3H3,(H3,13,14,15);1H. The molecule has 0 aromatic heterocycles. The van der Waals surface area contributed by atoms with E-state index in [0.717, 1.165) is 25.6 Å². The number of guanidine groups is 1. The summed E-state index contributed by atoms with van der Waals surface area (Å²) in [5.74, 6) is 1.39. The minimum atomic E-state index is 0. The van der Waals surface area contributed by atoms with Crippen molar-refractivity contribution in [1.82, 2.24) is 10.2 Å². The van der Waals surface area contributed by atoms with E-state index in [1.807, 2.05) is 0 Å². The molecule has 0 radical (unpaired) electrons. The van der Waals surface area contributed by atoms with Crippen LogP contribution in [-0.2, 0) is 0 Å². The summed E-state index contributed by atoms with van der Waals surface area (Å²) in [6.45, 7) is 7.15. The predicted molar refractivity (Wildman–Crippen MR) is 85.0 cm³/mol. The van der Waals surface area contributed by atoms with E-state index in [4.69, 9.17) is 5.73 Å². The SMILES string of the molecule is CC(C)N(C)CCNC(N)=NCC1CCC1.I. The molecule has 3 N–H and O–H groups in total. The second-order valence-electron chi connectivity index (χ2n) is 5.02. The number of hydrogen-bond donors (Lipinski definition) is 2. The molecule has 1 fully saturated rings. The lowest BCUT2D eigenvalue weighted by Gasteiger charge is -2.23. The first-order chi connectivity index (χ1) is 7.59. The van der Waals surface area contributed by atoms with Crippen LogP contribution in [0.5, 0.6) is 0 Å². The van der Waals surface area contributed by atoms with Gasteiger partial charge in [0.15, 0.2) is 5.96 Å². The zero-order valence-corrected chi connectivity index (χ0v) is 13.6. The fourth-order valence-electron chi connectivity index (χ4n) is 1.58. The molecule has 0 aromatic carbocycles. The first-order valence-electron chi connectivity index (χ1n) is 6.33. The minimum Gasteiger partial charge on any atom is -0.370 e. The topological polar surface area (TPSA) is 53.6 Å². The van der Waals surface area contributed by atoms with Crippen LogP contribution in [0.2, 0.25) is 0 Å². The van der Waals surface area contributed by atoms with Crippen LogP contribution in [0.25, 0.3) is 0 Å². The van der Waals surface area contributed by atoms with Crippen molar-refractivity contribution in [3.05, 3.63) is 0 Å². The Bertz CT molecular complexity index is 227. The number of halogens is 1. The average Bonchev–Trinajstić information content (AvgIpc) is 2.15. The van der Waals surface area contributed by atoms with E-state index in [1.165, 1.54) is 19.3 Å². The Kier molecular flexibility index (Phi) is 8.94. The van der Waals surface area contributed by atoms with Crippen LogP contribution in [0.1, 0.15) is 33.1 Å². The Morgan fingerprint density at radius 2 is 2.12 bits per heavy atom. The maximum absolute atomic E-state index is 5.78. The van der Waals surface area contributed by atoms with Gasteiger partial charge in [-0.3, -0.25) is 4.99 Å². The predicted octanol–water partition coefficient (Wildman–Crippen LogP) is 1.65. The Morgan fingerprint density at radius 1 is 1.47 bits per heavy atom. The van der Waals surface area contributed by atoms with Crippen LogP contribution in [-0.4, -0.2) is 43.6 Å². The van der Waals surface area contributed by atoms with Gasteiger partial charge in [0.05, 0.1) is 0 Å². The zero-order valence-electron chi connectivity index (χ0n) is 11.3. The Balaban J connectivity index is 0.00000256. The third kappa shape index (κ3) is 7.08. The van der Waals surface area contributed by atoms with Gasteiger partial charge < -0.3 is 16.0 Å². The average molecular weight is 354 g/mol. The highest BCUT2D eigenvalue weighted by molar-refractivity contribution is 14.0. The fraction of sp³-hybridized carbons (Fsp3) is 0.917. The molecule has 1 rings (SSSR count). The van der Waals surface area contributed by atoms with E-state index in [0.29, 0.717) is 12.0 Å². The van der Waals surface area contributed by atoms with Crippen molar-refractivity contribution in [2.45, 2.75) is 39.2 Å². The summed E-state index contributed by atoms with van der Waals surface area (Å²) in [6.07, 6.45) is 4.02. The number of hydrogen-bond acceptors (Lipinski definition) is 2. The molecule has 1 aliphatic rings. The van der Waals surface area contributed by atoms with Gasteiger partial charge in [-0.2, -0.15) is 0 Å². The summed E-state index contributed by atoms with van der Waals surface area (Å²) < 4.78 is 0. The lowest BCUT2D eigenvalue weighted by molar-refractivity contribution is 0.278. The number of rotatable bonds is 6. The number of nitrogens with two attached hydrogens (primary N) is 1. The monoisotopic (exact) mass is 354 g/mol. The number of nitrogens with zero attached hydrogens (tertiary/aromatic N) is 2. The molecule has 0 aliphatic heterocycles. The maximum Gasteiger partial charge on any atom is 0.188 e. The van der Waals surface area contributed by atoms with Gasteiger partial charge in [-0.25, -0.2) is 0 Å². The van der Waals surface area contributed by atoms with E-state index in [-0.39, 0.29) is 24.0 Å². The Morgan fingerprint density at radius 3 is 2.59 bits per heavy atom. The van der Waals surface area contributed by atoms with Crippen molar-refractivity contribution >= 4 is 29.9 Å². The van der Waals surface area contributed by atoms with Crippen molar-refractivity contribution in [3.8, 4) is 0 Å². The van der Waals surface area contributed by atoms with Crippen LogP contribution in [0, 0.1) is 5.92 Å². The highest BCUT2D eigenvalue weighted by atomic mass is 127. The summed E-state index contributed by atoms with van der Waals surface area (Å²) in [5, 5.41) is 3.16. The van der Waals surface area contributed by atoms with Crippen LogP contribution in [0.4, 0.5) is 0 Å². The van der Waals surface area contributed by atoms with Gasteiger partial charge in [0.25, 0.3) is 0 Å². The first-order valence-corrected chi connectivity index (χ1v) is 6.33. The van der Waals surface area contributed by atoms with E-state index in [9.17, 15) is 0 Å². The van der Waals surface area contributed by atoms with Crippen molar-refractivity contribution in [3.63, 3.8) is 0 Å². The summed E-state index contributed by atoms with van der Waals surface area (Å²) in [4.78, 5) is 6.64. The minimum absolute atomic E-state index is 0. The molecule has 1 aliphatic carbocycles.